The highest BCUT2D eigenvalue weighted by molar-refractivity contribution is 5.82. The summed E-state index contributed by atoms with van der Waals surface area (Å²) in [5.74, 6) is 1.76. The van der Waals surface area contributed by atoms with Crippen molar-refractivity contribution in [2.45, 2.75) is 37.6 Å². The van der Waals surface area contributed by atoms with Crippen molar-refractivity contribution < 1.29 is 14.6 Å². The molecule has 4 N–H and O–H groups in total. The van der Waals surface area contributed by atoms with Crippen molar-refractivity contribution in [3.8, 4) is 22.6 Å². The molecule has 4 rings (SSSR count). The van der Waals surface area contributed by atoms with Gasteiger partial charge in [0.05, 0.1) is 7.11 Å². The number of guanidine groups is 1. The highest BCUT2D eigenvalue weighted by Gasteiger charge is 2.53. The summed E-state index contributed by atoms with van der Waals surface area (Å²) in [5.41, 5.74) is 7.51. The summed E-state index contributed by atoms with van der Waals surface area (Å²) in [6, 6.07) is 13.8. The van der Waals surface area contributed by atoms with E-state index in [-0.39, 0.29) is 5.96 Å². The normalized spacial score (nSPS) is 25.8. The molecule has 6 heteroatoms. The Bertz CT molecular complexity index is 894. The Balaban J connectivity index is 1.85. The number of ether oxygens (including phenoxy) is 2. The molecule has 2 aromatic carbocycles. The minimum Gasteiger partial charge on any atom is -0.497 e. The van der Waals surface area contributed by atoms with Crippen LogP contribution in [0, 0.1) is 0 Å². The van der Waals surface area contributed by atoms with Crippen LogP contribution >= 0.6 is 0 Å². The zero-order valence-corrected chi connectivity index (χ0v) is 15.1. The molecule has 0 saturated heterocycles. The van der Waals surface area contributed by atoms with Gasteiger partial charge in [0.25, 0.3) is 0 Å². The van der Waals surface area contributed by atoms with Gasteiger partial charge in [-0.25, -0.2) is 4.99 Å². The first kappa shape index (κ1) is 16.7. The van der Waals surface area contributed by atoms with E-state index in [9.17, 15) is 5.11 Å². The first-order chi connectivity index (χ1) is 12.3. The van der Waals surface area contributed by atoms with Crippen molar-refractivity contribution in [3.05, 3.63) is 48.0 Å². The van der Waals surface area contributed by atoms with E-state index in [1.807, 2.05) is 56.3 Å². The second-order valence-corrected chi connectivity index (χ2v) is 7.47. The standard InChI is InChI=1S/C20H23N3O3/c1-19(2)11-20(17(24)22-18(21)23-20)15-10-13(7-8-16(15)26-19)12-5-4-6-14(9-12)25-3/h4-10,17,24H,11H2,1-3H3,(H3,21,22,23). The Kier molecular flexibility index (Phi) is 3.63. The monoisotopic (exact) mass is 353 g/mol. The van der Waals surface area contributed by atoms with Gasteiger partial charge in [0.2, 0.25) is 0 Å². The fraction of sp³-hybridized carbons (Fsp3) is 0.350. The number of hydrogen-bond acceptors (Lipinski definition) is 6. The van der Waals surface area contributed by atoms with Gasteiger partial charge in [-0.2, -0.15) is 0 Å². The third kappa shape index (κ3) is 2.57. The summed E-state index contributed by atoms with van der Waals surface area (Å²) in [7, 11) is 1.65. The smallest absolute Gasteiger partial charge is 0.192 e. The minimum absolute atomic E-state index is 0.243. The van der Waals surface area contributed by atoms with Crippen LogP contribution in [0.25, 0.3) is 11.1 Å². The van der Waals surface area contributed by atoms with Crippen molar-refractivity contribution in [1.29, 1.82) is 0 Å². The third-order valence-electron chi connectivity index (χ3n) is 5.01. The number of aliphatic hydroxyl groups is 1. The van der Waals surface area contributed by atoms with E-state index in [0.29, 0.717) is 6.42 Å². The molecule has 0 aliphatic carbocycles. The molecule has 26 heavy (non-hydrogen) atoms. The summed E-state index contributed by atoms with van der Waals surface area (Å²) in [6.07, 6.45) is -0.426. The second kappa shape index (κ2) is 5.64. The highest BCUT2D eigenvalue weighted by atomic mass is 16.5. The molecule has 0 fully saturated rings. The number of hydrogen-bond donors (Lipinski definition) is 3. The summed E-state index contributed by atoms with van der Waals surface area (Å²) < 4.78 is 11.5. The maximum absolute atomic E-state index is 10.7. The van der Waals surface area contributed by atoms with Crippen LogP contribution in [-0.2, 0) is 5.54 Å². The molecule has 0 aromatic heterocycles. The van der Waals surface area contributed by atoms with Gasteiger partial charge >= 0.3 is 0 Å². The van der Waals surface area contributed by atoms with Crippen molar-refractivity contribution in [1.82, 2.24) is 5.32 Å². The van der Waals surface area contributed by atoms with E-state index >= 15 is 0 Å². The first-order valence-corrected chi connectivity index (χ1v) is 8.60. The van der Waals surface area contributed by atoms with E-state index < -0.39 is 17.4 Å². The van der Waals surface area contributed by atoms with Crippen molar-refractivity contribution in [2.75, 3.05) is 7.11 Å². The average Bonchev–Trinajstić information content (AvgIpc) is 2.87. The SMILES string of the molecule is COc1cccc(-c2ccc3c(c2)C2(CC(C)(C)O3)NC(N)=NC2O)c1. The van der Waals surface area contributed by atoms with Crippen LogP contribution in [0.3, 0.4) is 0 Å². The van der Waals surface area contributed by atoms with E-state index in [2.05, 4.69) is 10.3 Å². The number of nitrogens with two attached hydrogens (primary N) is 1. The van der Waals surface area contributed by atoms with Gasteiger partial charge < -0.3 is 25.6 Å². The number of aliphatic hydroxyl groups excluding tert-OH is 1. The summed E-state index contributed by atoms with van der Waals surface area (Å²) in [4.78, 5) is 4.12. The number of methoxy groups -OCH3 is 1. The van der Waals surface area contributed by atoms with Crippen LogP contribution < -0.4 is 20.5 Å². The maximum atomic E-state index is 10.7. The lowest BCUT2D eigenvalue weighted by atomic mass is 9.76. The predicted octanol–water partition coefficient (Wildman–Crippen LogP) is 2.35. The molecule has 1 spiro atoms. The van der Waals surface area contributed by atoms with Crippen LogP contribution in [0.1, 0.15) is 25.8 Å². The lowest BCUT2D eigenvalue weighted by Crippen LogP contribution is -2.56. The van der Waals surface area contributed by atoms with Gasteiger partial charge in [-0.05, 0) is 49.2 Å². The molecule has 0 radical (unpaired) electrons. The van der Waals surface area contributed by atoms with Crippen LogP contribution in [0.5, 0.6) is 11.5 Å². The Morgan fingerprint density at radius 2 is 2.00 bits per heavy atom. The molecule has 6 nitrogen and oxygen atoms in total. The Morgan fingerprint density at radius 1 is 1.23 bits per heavy atom. The molecule has 0 saturated carbocycles. The van der Waals surface area contributed by atoms with Crippen LogP contribution in [0.4, 0.5) is 0 Å². The Morgan fingerprint density at radius 3 is 2.69 bits per heavy atom. The second-order valence-electron chi connectivity index (χ2n) is 7.47. The fourth-order valence-electron chi connectivity index (χ4n) is 3.96. The zero-order valence-electron chi connectivity index (χ0n) is 15.1. The van der Waals surface area contributed by atoms with E-state index in [0.717, 1.165) is 28.2 Å². The van der Waals surface area contributed by atoms with Gasteiger partial charge in [0.1, 0.15) is 22.6 Å². The number of nitrogens with zero attached hydrogens (tertiary/aromatic N) is 1. The third-order valence-corrected chi connectivity index (χ3v) is 5.01. The van der Waals surface area contributed by atoms with Gasteiger partial charge in [-0.1, -0.05) is 18.2 Å². The first-order valence-electron chi connectivity index (χ1n) is 8.60. The van der Waals surface area contributed by atoms with Gasteiger partial charge in [-0.3, -0.25) is 0 Å². The lowest BCUT2D eigenvalue weighted by Gasteiger charge is -2.45. The Labute approximate surface area is 152 Å². The molecular weight excluding hydrogens is 330 g/mol. The molecule has 0 amide bonds. The molecule has 0 bridgehead atoms. The molecule has 2 aliphatic heterocycles. The van der Waals surface area contributed by atoms with Crippen molar-refractivity contribution in [3.63, 3.8) is 0 Å². The van der Waals surface area contributed by atoms with Gasteiger partial charge in [0.15, 0.2) is 12.2 Å². The molecule has 2 heterocycles. The minimum atomic E-state index is -0.968. The molecular formula is C20H23N3O3. The quantitative estimate of drug-likeness (QED) is 0.771. The van der Waals surface area contributed by atoms with Gasteiger partial charge in [0, 0.05) is 12.0 Å². The maximum Gasteiger partial charge on any atom is 0.192 e. The average molecular weight is 353 g/mol. The number of rotatable bonds is 2. The van der Waals surface area contributed by atoms with Crippen molar-refractivity contribution in [2.24, 2.45) is 10.7 Å². The number of benzene rings is 2. The van der Waals surface area contributed by atoms with E-state index in [1.165, 1.54) is 0 Å². The van der Waals surface area contributed by atoms with Crippen LogP contribution in [0.15, 0.2) is 47.5 Å². The molecule has 2 atom stereocenters. The summed E-state index contributed by atoms with van der Waals surface area (Å²) >= 11 is 0. The number of nitrogens with one attached hydrogen (secondary N) is 1. The number of aliphatic imine (C=N–C) groups is 1. The summed E-state index contributed by atoms with van der Waals surface area (Å²) in [6.45, 7) is 3.99. The largest absolute Gasteiger partial charge is 0.497 e. The predicted molar refractivity (Wildman–Crippen MR) is 100 cm³/mol. The molecule has 2 aromatic rings. The van der Waals surface area contributed by atoms with E-state index in [4.69, 9.17) is 15.2 Å². The topological polar surface area (TPSA) is 89.1 Å². The molecule has 2 unspecified atom stereocenters. The van der Waals surface area contributed by atoms with Crippen molar-refractivity contribution >= 4 is 5.96 Å². The molecule has 136 valence electrons. The highest BCUT2D eigenvalue weighted by Crippen LogP contribution is 2.48. The Hall–Kier alpha value is -2.73. The molecule has 2 aliphatic rings. The van der Waals surface area contributed by atoms with Gasteiger partial charge in [-0.15, -0.1) is 0 Å². The fourth-order valence-corrected chi connectivity index (χ4v) is 3.96. The van der Waals surface area contributed by atoms with Crippen LogP contribution in [0.2, 0.25) is 0 Å². The summed E-state index contributed by atoms with van der Waals surface area (Å²) in [5, 5.41) is 13.9. The van der Waals surface area contributed by atoms with Crippen LogP contribution in [-0.4, -0.2) is 30.0 Å². The lowest BCUT2D eigenvalue weighted by molar-refractivity contribution is -0.0102. The van der Waals surface area contributed by atoms with E-state index in [1.54, 1.807) is 7.11 Å². The number of fused-ring (bicyclic) bond motifs is 2. The zero-order chi connectivity index (χ0) is 18.5.